The van der Waals surface area contributed by atoms with Crippen molar-refractivity contribution in [1.29, 1.82) is 0 Å². The number of nitrogens with zero attached hydrogens (tertiary/aromatic N) is 3. The molecule has 0 aliphatic heterocycles. The predicted octanol–water partition coefficient (Wildman–Crippen LogP) is 6.75. The SMILES string of the molecule is O=c1[nH]c2c3ccccc3n(-c3cc(-c4ccccc4)nc(-c4ccccc4)n3)c2c2ccccc12. The van der Waals surface area contributed by atoms with Gasteiger partial charge in [-0.3, -0.25) is 9.36 Å². The van der Waals surface area contributed by atoms with E-state index >= 15 is 0 Å². The van der Waals surface area contributed by atoms with Crippen LogP contribution >= 0.6 is 0 Å². The molecule has 0 unspecified atom stereocenters. The van der Waals surface area contributed by atoms with Crippen LogP contribution in [-0.4, -0.2) is 19.5 Å². The van der Waals surface area contributed by atoms with Crippen molar-refractivity contribution in [3.05, 3.63) is 126 Å². The van der Waals surface area contributed by atoms with Gasteiger partial charge in [0, 0.05) is 33.4 Å². The minimum atomic E-state index is -0.0985. The molecule has 0 saturated heterocycles. The number of nitrogens with one attached hydrogen (secondary N) is 1. The molecule has 36 heavy (non-hydrogen) atoms. The summed E-state index contributed by atoms with van der Waals surface area (Å²) in [5.74, 6) is 1.39. The largest absolute Gasteiger partial charge is 0.320 e. The van der Waals surface area contributed by atoms with E-state index in [1.807, 2.05) is 97.1 Å². The van der Waals surface area contributed by atoms with Crippen molar-refractivity contribution in [3.63, 3.8) is 0 Å². The van der Waals surface area contributed by atoms with Crippen molar-refractivity contribution in [3.8, 4) is 28.5 Å². The van der Waals surface area contributed by atoms with Crippen molar-refractivity contribution in [1.82, 2.24) is 19.5 Å². The molecule has 3 heterocycles. The molecular formula is C31H20N4O. The molecule has 0 atom stereocenters. The summed E-state index contributed by atoms with van der Waals surface area (Å²) in [5, 5.41) is 2.50. The molecule has 5 heteroatoms. The second-order valence-electron chi connectivity index (χ2n) is 8.74. The third kappa shape index (κ3) is 3.14. The monoisotopic (exact) mass is 464 g/mol. The van der Waals surface area contributed by atoms with E-state index in [-0.39, 0.29) is 5.56 Å². The van der Waals surface area contributed by atoms with Gasteiger partial charge in [0.15, 0.2) is 5.82 Å². The summed E-state index contributed by atoms with van der Waals surface area (Å²) in [5.41, 5.74) is 5.38. The van der Waals surface area contributed by atoms with Gasteiger partial charge in [0.05, 0.1) is 22.2 Å². The Balaban J connectivity index is 1.64. The summed E-state index contributed by atoms with van der Waals surface area (Å²) in [6, 6.07) is 38.0. The molecule has 5 nitrogen and oxygen atoms in total. The molecule has 0 saturated carbocycles. The minimum Gasteiger partial charge on any atom is -0.320 e. The number of fused-ring (bicyclic) bond motifs is 5. The number of para-hydroxylation sites is 1. The Kier molecular flexibility index (Phi) is 4.54. The Morgan fingerprint density at radius 2 is 1.22 bits per heavy atom. The number of aromatic nitrogens is 4. The molecule has 4 aromatic carbocycles. The van der Waals surface area contributed by atoms with E-state index in [1.165, 1.54) is 0 Å². The van der Waals surface area contributed by atoms with Gasteiger partial charge in [0.25, 0.3) is 5.56 Å². The first-order valence-electron chi connectivity index (χ1n) is 11.8. The zero-order chi connectivity index (χ0) is 24.1. The van der Waals surface area contributed by atoms with Crippen LogP contribution in [0.15, 0.2) is 120 Å². The van der Waals surface area contributed by atoms with Gasteiger partial charge in [-0.25, -0.2) is 9.97 Å². The van der Waals surface area contributed by atoms with E-state index in [9.17, 15) is 4.79 Å². The maximum absolute atomic E-state index is 13.0. The fraction of sp³-hybridized carbons (Fsp3) is 0. The molecule has 3 aromatic heterocycles. The summed E-state index contributed by atoms with van der Waals surface area (Å²) < 4.78 is 2.14. The van der Waals surface area contributed by atoms with E-state index in [1.54, 1.807) is 0 Å². The Labute approximate surface area is 206 Å². The number of aromatic amines is 1. The number of pyridine rings is 1. The van der Waals surface area contributed by atoms with Gasteiger partial charge < -0.3 is 4.98 Å². The smallest absolute Gasteiger partial charge is 0.256 e. The summed E-state index contributed by atoms with van der Waals surface area (Å²) in [6.45, 7) is 0. The summed E-state index contributed by atoms with van der Waals surface area (Å²) in [6.07, 6.45) is 0. The van der Waals surface area contributed by atoms with Gasteiger partial charge in [-0.1, -0.05) is 97.1 Å². The Morgan fingerprint density at radius 1 is 0.611 bits per heavy atom. The Hall–Kier alpha value is -5.03. The van der Waals surface area contributed by atoms with Crippen LogP contribution in [0.4, 0.5) is 0 Å². The molecule has 7 rings (SSSR count). The van der Waals surface area contributed by atoms with Gasteiger partial charge in [-0.05, 0) is 12.1 Å². The highest BCUT2D eigenvalue weighted by molar-refractivity contribution is 6.16. The second kappa shape index (κ2) is 8.03. The maximum Gasteiger partial charge on any atom is 0.256 e. The molecule has 0 fully saturated rings. The van der Waals surface area contributed by atoms with Gasteiger partial charge >= 0.3 is 0 Å². The molecule has 0 radical (unpaired) electrons. The zero-order valence-electron chi connectivity index (χ0n) is 19.2. The van der Waals surface area contributed by atoms with Gasteiger partial charge in [0.1, 0.15) is 5.82 Å². The van der Waals surface area contributed by atoms with E-state index in [4.69, 9.17) is 9.97 Å². The first-order valence-corrected chi connectivity index (χ1v) is 11.8. The van der Waals surface area contributed by atoms with Crippen molar-refractivity contribution in [2.75, 3.05) is 0 Å². The predicted molar refractivity (Wildman–Crippen MR) is 145 cm³/mol. The first-order chi connectivity index (χ1) is 17.8. The molecule has 0 amide bonds. The van der Waals surface area contributed by atoms with Crippen molar-refractivity contribution >= 4 is 32.7 Å². The summed E-state index contributed by atoms with van der Waals surface area (Å²) in [4.78, 5) is 26.1. The normalized spacial score (nSPS) is 11.4. The van der Waals surface area contributed by atoms with Crippen molar-refractivity contribution in [2.24, 2.45) is 0 Å². The van der Waals surface area contributed by atoms with Gasteiger partial charge in [-0.15, -0.1) is 0 Å². The van der Waals surface area contributed by atoms with E-state index < -0.39 is 0 Å². The standard InChI is InChI=1S/C31H20N4O/c36-31-23-16-8-7-15-22(23)29-28(34-31)24-17-9-10-18-26(24)35(29)27-19-25(20-11-3-1-4-12-20)32-30(33-27)21-13-5-2-6-14-21/h1-19H,(H,34,36). The topological polar surface area (TPSA) is 63.6 Å². The highest BCUT2D eigenvalue weighted by atomic mass is 16.1. The lowest BCUT2D eigenvalue weighted by Gasteiger charge is -2.12. The quantitative estimate of drug-likeness (QED) is 0.315. The number of rotatable bonds is 3. The van der Waals surface area contributed by atoms with Crippen LogP contribution in [0.5, 0.6) is 0 Å². The van der Waals surface area contributed by atoms with E-state index in [0.29, 0.717) is 11.2 Å². The van der Waals surface area contributed by atoms with Gasteiger partial charge in [-0.2, -0.15) is 0 Å². The molecule has 0 bridgehead atoms. The summed E-state index contributed by atoms with van der Waals surface area (Å²) in [7, 11) is 0. The van der Waals surface area contributed by atoms with Crippen LogP contribution in [-0.2, 0) is 0 Å². The van der Waals surface area contributed by atoms with Crippen LogP contribution in [0.2, 0.25) is 0 Å². The second-order valence-corrected chi connectivity index (χ2v) is 8.74. The average molecular weight is 465 g/mol. The Bertz CT molecular complexity index is 1900. The third-order valence-electron chi connectivity index (χ3n) is 6.58. The van der Waals surface area contributed by atoms with Gasteiger partial charge in [0.2, 0.25) is 0 Å². The average Bonchev–Trinajstić information content (AvgIpc) is 3.28. The van der Waals surface area contributed by atoms with Crippen LogP contribution in [0.25, 0.3) is 61.2 Å². The molecule has 0 aliphatic rings. The Morgan fingerprint density at radius 3 is 1.97 bits per heavy atom. The lowest BCUT2D eigenvalue weighted by atomic mass is 10.1. The van der Waals surface area contributed by atoms with E-state index in [2.05, 4.69) is 27.8 Å². The van der Waals surface area contributed by atoms with Crippen LogP contribution in [0.1, 0.15) is 0 Å². The highest BCUT2D eigenvalue weighted by Crippen LogP contribution is 2.35. The van der Waals surface area contributed by atoms with Crippen LogP contribution < -0.4 is 5.56 Å². The van der Waals surface area contributed by atoms with E-state index in [0.717, 1.165) is 50.0 Å². The minimum absolute atomic E-state index is 0.0985. The molecule has 1 N–H and O–H groups in total. The van der Waals surface area contributed by atoms with Crippen LogP contribution in [0, 0.1) is 0 Å². The molecule has 0 aliphatic carbocycles. The lowest BCUT2D eigenvalue weighted by Crippen LogP contribution is -2.07. The first kappa shape index (κ1) is 20.4. The molecule has 7 aromatic rings. The molecule has 0 spiro atoms. The van der Waals surface area contributed by atoms with Crippen LogP contribution in [0.3, 0.4) is 0 Å². The zero-order valence-corrected chi connectivity index (χ0v) is 19.2. The number of H-pyrrole nitrogens is 1. The fourth-order valence-corrected chi connectivity index (χ4v) is 4.95. The lowest BCUT2D eigenvalue weighted by molar-refractivity contribution is 1.05. The van der Waals surface area contributed by atoms with Crippen molar-refractivity contribution in [2.45, 2.75) is 0 Å². The fourth-order valence-electron chi connectivity index (χ4n) is 4.95. The molecule has 170 valence electrons. The number of hydrogen-bond donors (Lipinski definition) is 1. The highest BCUT2D eigenvalue weighted by Gasteiger charge is 2.19. The number of hydrogen-bond acceptors (Lipinski definition) is 3. The van der Waals surface area contributed by atoms with Crippen molar-refractivity contribution < 1.29 is 0 Å². The number of benzene rings is 4. The molecular weight excluding hydrogens is 444 g/mol. The third-order valence-corrected chi connectivity index (χ3v) is 6.58. The maximum atomic E-state index is 13.0. The summed E-state index contributed by atoms with van der Waals surface area (Å²) >= 11 is 0.